The first-order valence-corrected chi connectivity index (χ1v) is 11.9. The van der Waals surface area contributed by atoms with Crippen molar-refractivity contribution in [2.24, 2.45) is 0 Å². The number of fused-ring (bicyclic) bond motifs is 1. The molecule has 1 amide bonds. The Bertz CT molecular complexity index is 932. The van der Waals surface area contributed by atoms with Crippen molar-refractivity contribution in [1.82, 2.24) is 19.8 Å². The fourth-order valence-corrected chi connectivity index (χ4v) is 5.38. The van der Waals surface area contributed by atoms with Crippen LogP contribution >= 0.6 is 0 Å². The lowest BCUT2D eigenvalue weighted by Gasteiger charge is -2.40. The number of benzene rings is 1. The highest BCUT2D eigenvalue weighted by Crippen LogP contribution is 2.25. The maximum Gasteiger partial charge on any atom is 0.256 e. The number of amides is 1. The van der Waals surface area contributed by atoms with Crippen LogP contribution in [-0.4, -0.2) is 76.6 Å². The lowest BCUT2D eigenvalue weighted by Crippen LogP contribution is -2.48. The van der Waals surface area contributed by atoms with E-state index in [0.29, 0.717) is 17.6 Å². The average Bonchev–Trinajstić information content (AvgIpc) is 2.83. The fourth-order valence-electron chi connectivity index (χ4n) is 5.38. The van der Waals surface area contributed by atoms with Crippen molar-refractivity contribution in [3.63, 3.8) is 0 Å². The van der Waals surface area contributed by atoms with Crippen LogP contribution in [0.1, 0.15) is 48.2 Å². The molecule has 2 fully saturated rings. The molecular formula is C25H33N5O2. The number of morpholine rings is 1. The van der Waals surface area contributed by atoms with Crippen LogP contribution in [-0.2, 0) is 17.7 Å². The minimum absolute atomic E-state index is 0.0442. The molecule has 2 saturated heterocycles. The van der Waals surface area contributed by atoms with Gasteiger partial charge in [0.25, 0.3) is 5.91 Å². The second kappa shape index (κ2) is 9.16. The van der Waals surface area contributed by atoms with Gasteiger partial charge in [0.2, 0.25) is 5.95 Å². The summed E-state index contributed by atoms with van der Waals surface area (Å²) in [5.74, 6) is 0.718. The molecule has 2 aromatic rings. The zero-order valence-corrected chi connectivity index (χ0v) is 19.1. The molecule has 1 aromatic heterocycles. The van der Waals surface area contributed by atoms with E-state index < -0.39 is 0 Å². The quantitative estimate of drug-likeness (QED) is 0.739. The van der Waals surface area contributed by atoms with Crippen molar-refractivity contribution in [2.45, 2.75) is 57.9 Å². The van der Waals surface area contributed by atoms with Crippen LogP contribution < -0.4 is 4.90 Å². The predicted molar refractivity (Wildman–Crippen MR) is 124 cm³/mol. The zero-order valence-electron chi connectivity index (χ0n) is 19.1. The van der Waals surface area contributed by atoms with Gasteiger partial charge in [-0.1, -0.05) is 24.3 Å². The molecule has 1 unspecified atom stereocenters. The molecule has 0 radical (unpaired) electrons. The monoisotopic (exact) mass is 435 g/mol. The molecule has 3 aliphatic rings. The Kier molecular flexibility index (Phi) is 6.11. The van der Waals surface area contributed by atoms with Crippen LogP contribution in [0.3, 0.4) is 0 Å². The Hall–Kier alpha value is -2.51. The van der Waals surface area contributed by atoms with Gasteiger partial charge in [-0.05, 0) is 44.2 Å². The molecule has 2 atom stereocenters. The lowest BCUT2D eigenvalue weighted by molar-refractivity contribution is -0.00573. The van der Waals surface area contributed by atoms with Gasteiger partial charge in [-0.2, -0.15) is 0 Å². The third-order valence-electron chi connectivity index (χ3n) is 7.02. The number of ether oxygens (including phenoxy) is 1. The summed E-state index contributed by atoms with van der Waals surface area (Å²) in [6.07, 6.45) is 6.84. The highest BCUT2D eigenvalue weighted by Gasteiger charge is 2.30. The third kappa shape index (κ3) is 4.50. The largest absolute Gasteiger partial charge is 0.372 e. The number of anilines is 1. The SMILES string of the molecule is CC1CN(c2ncc(C(=O)N3CCC(N4CCc5ccccc5C4)CC3)cn2)C[C@H](C)O1. The standard InChI is InChI=1S/C25H33N5O2/c1-18-15-30(16-19(2)32-18)25-26-13-22(14-27-25)24(31)28-11-8-23(9-12-28)29-10-7-20-5-3-4-6-21(20)17-29/h3-6,13-14,18-19,23H,7-12,15-17H2,1-2H3/t18-,19?/m0/s1. The van der Waals surface area contributed by atoms with E-state index in [0.717, 1.165) is 58.5 Å². The Morgan fingerprint density at radius 3 is 2.31 bits per heavy atom. The zero-order chi connectivity index (χ0) is 22.1. The van der Waals surface area contributed by atoms with E-state index >= 15 is 0 Å². The van der Waals surface area contributed by atoms with Crippen LogP contribution in [0, 0.1) is 0 Å². The first-order chi connectivity index (χ1) is 15.6. The summed E-state index contributed by atoms with van der Waals surface area (Å²) < 4.78 is 5.79. The predicted octanol–water partition coefficient (Wildman–Crippen LogP) is 2.75. The molecule has 7 heteroatoms. The van der Waals surface area contributed by atoms with Crippen molar-refractivity contribution in [3.8, 4) is 0 Å². The Balaban J connectivity index is 1.16. The number of carbonyl (C=O) groups excluding carboxylic acids is 1. The number of carbonyl (C=O) groups is 1. The maximum absolute atomic E-state index is 13.0. The van der Waals surface area contributed by atoms with Gasteiger partial charge in [0.15, 0.2) is 0 Å². The Labute approximate surface area is 190 Å². The molecule has 1 aromatic carbocycles. The Morgan fingerprint density at radius 1 is 0.969 bits per heavy atom. The first kappa shape index (κ1) is 21.3. The molecule has 0 bridgehead atoms. The number of likely N-dealkylation sites (tertiary alicyclic amines) is 1. The second-order valence-electron chi connectivity index (χ2n) is 9.45. The van der Waals surface area contributed by atoms with Crippen molar-refractivity contribution in [2.75, 3.05) is 37.6 Å². The average molecular weight is 436 g/mol. The summed E-state index contributed by atoms with van der Waals surface area (Å²) in [6, 6.07) is 9.33. The number of aromatic nitrogens is 2. The highest BCUT2D eigenvalue weighted by atomic mass is 16.5. The van der Waals surface area contributed by atoms with Gasteiger partial charge in [-0.3, -0.25) is 9.69 Å². The summed E-state index contributed by atoms with van der Waals surface area (Å²) in [4.78, 5) is 28.7. The number of piperidine rings is 1. The molecule has 7 nitrogen and oxygen atoms in total. The van der Waals surface area contributed by atoms with Crippen LogP contribution in [0.15, 0.2) is 36.7 Å². The van der Waals surface area contributed by atoms with E-state index in [2.05, 4.69) is 57.9 Å². The second-order valence-corrected chi connectivity index (χ2v) is 9.45. The molecule has 4 heterocycles. The summed E-state index contributed by atoms with van der Waals surface area (Å²) in [6.45, 7) is 9.40. The number of nitrogens with zero attached hydrogens (tertiary/aromatic N) is 5. The normalized spacial score (nSPS) is 24.9. The first-order valence-electron chi connectivity index (χ1n) is 11.9. The van der Waals surface area contributed by atoms with E-state index in [-0.39, 0.29) is 18.1 Å². The topological polar surface area (TPSA) is 61.8 Å². The van der Waals surface area contributed by atoms with E-state index in [1.807, 2.05) is 4.90 Å². The molecule has 32 heavy (non-hydrogen) atoms. The Morgan fingerprint density at radius 2 is 1.62 bits per heavy atom. The van der Waals surface area contributed by atoms with Gasteiger partial charge in [-0.15, -0.1) is 0 Å². The molecule has 0 spiro atoms. The summed E-state index contributed by atoms with van der Waals surface area (Å²) in [5, 5.41) is 0. The minimum atomic E-state index is 0.0442. The molecular weight excluding hydrogens is 402 g/mol. The molecule has 0 saturated carbocycles. The highest BCUT2D eigenvalue weighted by molar-refractivity contribution is 5.93. The molecule has 0 aliphatic carbocycles. The number of hydrogen-bond acceptors (Lipinski definition) is 6. The van der Waals surface area contributed by atoms with Crippen LogP contribution in [0.5, 0.6) is 0 Å². The van der Waals surface area contributed by atoms with E-state index in [9.17, 15) is 4.79 Å². The van der Waals surface area contributed by atoms with Crippen LogP contribution in [0.25, 0.3) is 0 Å². The van der Waals surface area contributed by atoms with Gasteiger partial charge >= 0.3 is 0 Å². The molecule has 3 aliphatic heterocycles. The van der Waals surface area contributed by atoms with Gasteiger partial charge in [0.05, 0.1) is 17.8 Å². The molecule has 170 valence electrons. The molecule has 0 N–H and O–H groups in total. The number of hydrogen-bond donors (Lipinski definition) is 0. The smallest absolute Gasteiger partial charge is 0.256 e. The summed E-state index contributed by atoms with van der Waals surface area (Å²) >= 11 is 0. The van der Waals surface area contributed by atoms with E-state index in [1.165, 1.54) is 11.1 Å². The van der Waals surface area contributed by atoms with Crippen molar-refractivity contribution in [1.29, 1.82) is 0 Å². The van der Waals surface area contributed by atoms with Crippen molar-refractivity contribution >= 4 is 11.9 Å². The summed E-state index contributed by atoms with van der Waals surface area (Å²) in [5.41, 5.74) is 3.52. The lowest BCUT2D eigenvalue weighted by atomic mass is 9.95. The van der Waals surface area contributed by atoms with Crippen molar-refractivity contribution < 1.29 is 9.53 Å². The van der Waals surface area contributed by atoms with Crippen LogP contribution in [0.4, 0.5) is 5.95 Å². The van der Waals surface area contributed by atoms with Gasteiger partial charge in [0.1, 0.15) is 0 Å². The summed E-state index contributed by atoms with van der Waals surface area (Å²) in [7, 11) is 0. The molecule has 5 rings (SSSR count). The van der Waals surface area contributed by atoms with E-state index in [1.54, 1.807) is 12.4 Å². The third-order valence-corrected chi connectivity index (χ3v) is 7.02. The fraction of sp³-hybridized carbons (Fsp3) is 0.560. The van der Waals surface area contributed by atoms with Gasteiger partial charge in [-0.25, -0.2) is 9.97 Å². The minimum Gasteiger partial charge on any atom is -0.372 e. The van der Waals surface area contributed by atoms with E-state index in [4.69, 9.17) is 4.74 Å². The van der Waals surface area contributed by atoms with Gasteiger partial charge < -0.3 is 14.5 Å². The van der Waals surface area contributed by atoms with Gasteiger partial charge in [0, 0.05) is 57.7 Å². The maximum atomic E-state index is 13.0. The van der Waals surface area contributed by atoms with Crippen molar-refractivity contribution in [3.05, 3.63) is 53.3 Å². The number of rotatable bonds is 3. The van der Waals surface area contributed by atoms with Crippen LogP contribution in [0.2, 0.25) is 0 Å².